The predicted molar refractivity (Wildman–Crippen MR) is 118 cm³/mol. The second-order valence-electron chi connectivity index (χ2n) is 6.40. The van der Waals surface area contributed by atoms with E-state index in [1.807, 2.05) is 4.72 Å². The highest BCUT2D eigenvalue weighted by Gasteiger charge is 2.14. The first kappa shape index (κ1) is 22.8. The van der Waals surface area contributed by atoms with Crippen LogP contribution in [-0.2, 0) is 14.8 Å². The molecular formula is C20H16Cl2FN3O4S. The molecule has 0 saturated heterocycles. The summed E-state index contributed by atoms with van der Waals surface area (Å²) in [4.78, 5) is 11.9. The molecule has 1 N–H and O–H groups in total. The van der Waals surface area contributed by atoms with Crippen LogP contribution in [0.25, 0.3) is 23.0 Å². The van der Waals surface area contributed by atoms with Gasteiger partial charge in [0.15, 0.2) is 0 Å². The maximum atomic E-state index is 14.0. The number of ether oxygens (including phenoxy) is 1. The van der Waals surface area contributed by atoms with E-state index in [4.69, 9.17) is 27.9 Å². The van der Waals surface area contributed by atoms with Gasteiger partial charge < -0.3 is 4.74 Å². The van der Waals surface area contributed by atoms with Crippen molar-refractivity contribution in [3.05, 3.63) is 70.1 Å². The second-order valence-corrected chi connectivity index (χ2v) is 8.96. The molecule has 0 radical (unpaired) electrons. The molecule has 1 heterocycles. The molecule has 0 unspecified atom stereocenters. The molecule has 0 aliphatic heterocycles. The van der Waals surface area contributed by atoms with Crippen molar-refractivity contribution in [3.8, 4) is 22.7 Å². The minimum atomic E-state index is -3.71. The van der Waals surface area contributed by atoms with Gasteiger partial charge in [-0.2, -0.15) is 5.10 Å². The Morgan fingerprint density at radius 3 is 2.55 bits per heavy atom. The number of aromatic nitrogens is 2. The number of sulfonamides is 1. The third-order valence-electron chi connectivity index (χ3n) is 4.04. The molecule has 1 aromatic heterocycles. The number of carbonyl (C=O) groups excluding carboxylic acids is 1. The van der Waals surface area contributed by atoms with Crippen LogP contribution in [0.2, 0.25) is 10.0 Å². The van der Waals surface area contributed by atoms with E-state index in [-0.39, 0.29) is 5.02 Å². The van der Waals surface area contributed by atoms with Crippen LogP contribution in [0.1, 0.15) is 5.56 Å². The summed E-state index contributed by atoms with van der Waals surface area (Å²) in [7, 11) is -2.22. The predicted octanol–water partition coefficient (Wildman–Crippen LogP) is 4.08. The normalized spacial score (nSPS) is 11.6. The molecule has 0 aliphatic carbocycles. The van der Waals surface area contributed by atoms with Gasteiger partial charge in [-0.05, 0) is 36.4 Å². The van der Waals surface area contributed by atoms with Crippen LogP contribution < -0.4 is 9.46 Å². The number of rotatable bonds is 6. The van der Waals surface area contributed by atoms with Crippen molar-refractivity contribution in [2.45, 2.75) is 0 Å². The maximum absolute atomic E-state index is 14.0. The van der Waals surface area contributed by atoms with Gasteiger partial charge in [-0.15, -0.1) is 0 Å². The van der Waals surface area contributed by atoms with Crippen LogP contribution >= 0.6 is 23.2 Å². The summed E-state index contributed by atoms with van der Waals surface area (Å²) in [6.45, 7) is 0. The smallest absolute Gasteiger partial charge is 0.257 e. The van der Waals surface area contributed by atoms with Crippen LogP contribution in [0, 0.1) is 5.82 Å². The number of methoxy groups -OCH3 is 1. The van der Waals surface area contributed by atoms with E-state index in [9.17, 15) is 17.6 Å². The lowest BCUT2D eigenvalue weighted by Crippen LogP contribution is -2.27. The summed E-state index contributed by atoms with van der Waals surface area (Å²) in [5, 5.41) is 4.79. The highest BCUT2D eigenvalue weighted by Crippen LogP contribution is 2.30. The number of nitrogens with one attached hydrogen (secondary N) is 1. The van der Waals surface area contributed by atoms with Gasteiger partial charge in [0.05, 0.1) is 29.1 Å². The van der Waals surface area contributed by atoms with Gasteiger partial charge in [-0.1, -0.05) is 29.3 Å². The average molecular weight is 484 g/mol. The molecule has 162 valence electrons. The van der Waals surface area contributed by atoms with E-state index in [1.54, 1.807) is 30.5 Å². The number of benzene rings is 2. The monoisotopic (exact) mass is 483 g/mol. The first-order chi connectivity index (χ1) is 14.6. The number of nitrogens with zero attached hydrogens (tertiary/aromatic N) is 2. The lowest BCUT2D eigenvalue weighted by molar-refractivity contribution is -0.114. The number of amides is 1. The quantitative estimate of drug-likeness (QED) is 0.533. The minimum Gasteiger partial charge on any atom is -0.495 e. The van der Waals surface area contributed by atoms with Gasteiger partial charge in [0.25, 0.3) is 5.91 Å². The summed E-state index contributed by atoms with van der Waals surface area (Å²) in [6.07, 6.45) is 4.87. The summed E-state index contributed by atoms with van der Waals surface area (Å²) >= 11 is 12.0. The van der Waals surface area contributed by atoms with E-state index in [1.165, 1.54) is 30.0 Å². The Labute approximate surface area is 188 Å². The third-order valence-corrected chi connectivity index (χ3v) is 5.21. The number of hydrogen-bond acceptors (Lipinski definition) is 5. The zero-order valence-corrected chi connectivity index (χ0v) is 18.6. The summed E-state index contributed by atoms with van der Waals surface area (Å²) in [5.41, 5.74) is 1.76. The Balaban J connectivity index is 2.08. The number of carbonyl (C=O) groups is 1. The van der Waals surface area contributed by atoms with Crippen LogP contribution in [0.15, 0.2) is 48.7 Å². The molecule has 1 amide bonds. The maximum Gasteiger partial charge on any atom is 0.257 e. The average Bonchev–Trinajstić information content (AvgIpc) is 3.11. The summed E-state index contributed by atoms with van der Waals surface area (Å²) in [5.74, 6) is -0.989. The molecule has 0 saturated carbocycles. The highest BCUT2D eigenvalue weighted by molar-refractivity contribution is 7.89. The Morgan fingerprint density at radius 1 is 1.19 bits per heavy atom. The molecule has 0 fully saturated rings. The Kier molecular flexibility index (Phi) is 6.68. The number of halogens is 3. The molecular weight excluding hydrogens is 468 g/mol. The standard InChI is InChI=1S/C20H16Cl2FN3O4S/c1-30-18-7-5-14(10-16(18)22)26-11-13(4-8-19(27)25-31(2,28)29)20(24-26)12-3-6-15(21)17(23)9-12/h3-11H,1-2H3,(H,25,27)/b8-4+. The van der Waals surface area contributed by atoms with Gasteiger partial charge in [0.1, 0.15) is 17.3 Å². The Hall–Kier alpha value is -2.88. The van der Waals surface area contributed by atoms with E-state index in [2.05, 4.69) is 5.10 Å². The topological polar surface area (TPSA) is 90.3 Å². The van der Waals surface area contributed by atoms with E-state index in [0.717, 1.165) is 12.3 Å². The first-order valence-electron chi connectivity index (χ1n) is 8.66. The fourth-order valence-electron chi connectivity index (χ4n) is 2.69. The van der Waals surface area contributed by atoms with E-state index < -0.39 is 21.7 Å². The van der Waals surface area contributed by atoms with Gasteiger partial charge >= 0.3 is 0 Å². The molecule has 3 aromatic rings. The SMILES string of the molecule is COc1ccc(-n2cc(/C=C/C(=O)NS(C)(=O)=O)c(-c3ccc(Cl)c(F)c3)n2)cc1Cl. The van der Waals surface area contributed by atoms with E-state index >= 15 is 0 Å². The molecule has 11 heteroatoms. The summed E-state index contributed by atoms with van der Waals surface area (Å²) in [6, 6.07) is 9.18. The van der Waals surface area contributed by atoms with Gasteiger partial charge in [-0.3, -0.25) is 4.79 Å². The molecule has 0 bridgehead atoms. The zero-order valence-electron chi connectivity index (χ0n) is 16.3. The van der Waals surface area contributed by atoms with Crippen LogP contribution in [0.4, 0.5) is 4.39 Å². The van der Waals surface area contributed by atoms with Crippen LogP contribution in [-0.4, -0.2) is 37.5 Å². The first-order valence-corrected chi connectivity index (χ1v) is 11.3. The lowest BCUT2D eigenvalue weighted by Gasteiger charge is -2.06. The molecule has 2 aromatic carbocycles. The number of hydrogen-bond donors (Lipinski definition) is 1. The largest absolute Gasteiger partial charge is 0.495 e. The highest BCUT2D eigenvalue weighted by atomic mass is 35.5. The Bertz CT molecular complexity index is 1290. The Morgan fingerprint density at radius 2 is 1.94 bits per heavy atom. The fourth-order valence-corrected chi connectivity index (χ4v) is 3.49. The van der Waals surface area contributed by atoms with Crippen molar-refractivity contribution in [3.63, 3.8) is 0 Å². The molecule has 0 spiro atoms. The summed E-state index contributed by atoms with van der Waals surface area (Å²) < 4.78 is 44.9. The molecule has 3 rings (SSSR count). The second kappa shape index (κ2) is 9.09. The molecule has 0 atom stereocenters. The molecule has 31 heavy (non-hydrogen) atoms. The van der Waals surface area contributed by atoms with Crippen LogP contribution in [0.3, 0.4) is 0 Å². The van der Waals surface area contributed by atoms with Gasteiger partial charge in [-0.25, -0.2) is 22.2 Å². The molecule has 0 aliphatic rings. The minimum absolute atomic E-state index is 0.0465. The van der Waals surface area contributed by atoms with Crippen molar-refractivity contribution in [1.29, 1.82) is 0 Å². The van der Waals surface area contributed by atoms with E-state index in [0.29, 0.717) is 33.3 Å². The van der Waals surface area contributed by atoms with Crippen molar-refractivity contribution >= 4 is 45.2 Å². The van der Waals surface area contributed by atoms with Crippen molar-refractivity contribution < 1.29 is 22.3 Å². The molecule has 7 nitrogen and oxygen atoms in total. The third kappa shape index (κ3) is 5.63. The fraction of sp³-hybridized carbons (Fsp3) is 0.100. The van der Waals surface area contributed by atoms with Crippen molar-refractivity contribution in [2.24, 2.45) is 0 Å². The van der Waals surface area contributed by atoms with Crippen LogP contribution in [0.5, 0.6) is 5.75 Å². The van der Waals surface area contributed by atoms with Crippen molar-refractivity contribution in [2.75, 3.05) is 13.4 Å². The van der Waals surface area contributed by atoms with Gasteiger partial charge in [0.2, 0.25) is 10.0 Å². The lowest BCUT2D eigenvalue weighted by atomic mass is 10.1. The zero-order chi connectivity index (χ0) is 22.8. The van der Waals surface area contributed by atoms with Crippen molar-refractivity contribution in [1.82, 2.24) is 14.5 Å². The van der Waals surface area contributed by atoms with Gasteiger partial charge in [0, 0.05) is 23.4 Å².